The molecule has 24 heavy (non-hydrogen) atoms. The molecular formula is C18H28N3O3+. The maximum Gasteiger partial charge on any atom is 0.252 e. The molecule has 2 heterocycles. The molecule has 2 atom stereocenters. The van der Waals surface area contributed by atoms with Crippen LogP contribution < -0.4 is 0 Å². The summed E-state index contributed by atoms with van der Waals surface area (Å²) in [5.41, 5.74) is 3.09. The summed E-state index contributed by atoms with van der Waals surface area (Å²) >= 11 is 0. The zero-order chi connectivity index (χ0) is 17.2. The molecule has 0 saturated carbocycles. The summed E-state index contributed by atoms with van der Waals surface area (Å²) in [4.78, 5) is 10.6. The SMILES string of the molecule is CN1CCN(C2=C[N+](C)(OCCCO)C(O)c3ccccc32)CC1. The topological polar surface area (TPSA) is 56.2 Å². The molecule has 1 saturated heterocycles. The van der Waals surface area contributed by atoms with Gasteiger partial charge in [-0.1, -0.05) is 18.2 Å². The Hall–Kier alpha value is -1.44. The maximum atomic E-state index is 10.9. The molecule has 1 fully saturated rings. The van der Waals surface area contributed by atoms with Gasteiger partial charge in [-0.15, -0.1) is 4.65 Å². The van der Waals surface area contributed by atoms with Crippen molar-refractivity contribution in [2.45, 2.75) is 12.6 Å². The Labute approximate surface area is 143 Å². The van der Waals surface area contributed by atoms with Crippen molar-refractivity contribution in [1.29, 1.82) is 0 Å². The predicted octanol–water partition coefficient (Wildman–Crippen LogP) is 0.997. The van der Waals surface area contributed by atoms with E-state index in [9.17, 15) is 5.11 Å². The van der Waals surface area contributed by atoms with Gasteiger partial charge < -0.3 is 20.0 Å². The summed E-state index contributed by atoms with van der Waals surface area (Å²) in [5, 5.41) is 19.9. The fraction of sp³-hybridized carbons (Fsp3) is 0.556. The van der Waals surface area contributed by atoms with E-state index in [1.54, 1.807) is 0 Å². The van der Waals surface area contributed by atoms with Gasteiger partial charge in [-0.2, -0.15) is 4.84 Å². The van der Waals surface area contributed by atoms with Crippen molar-refractivity contribution in [3.8, 4) is 0 Å². The van der Waals surface area contributed by atoms with Gasteiger partial charge in [0.15, 0.2) is 6.20 Å². The maximum absolute atomic E-state index is 10.9. The molecule has 6 nitrogen and oxygen atoms in total. The zero-order valence-electron chi connectivity index (χ0n) is 14.6. The second-order valence-electron chi connectivity index (χ2n) is 6.73. The third kappa shape index (κ3) is 3.34. The number of piperazine rings is 1. The first kappa shape index (κ1) is 17.4. The lowest BCUT2D eigenvalue weighted by atomic mass is 9.98. The molecule has 2 unspecified atom stereocenters. The lowest BCUT2D eigenvalue weighted by Gasteiger charge is -2.41. The highest BCUT2D eigenvalue weighted by atomic mass is 16.7. The van der Waals surface area contributed by atoms with E-state index >= 15 is 0 Å². The van der Waals surface area contributed by atoms with Crippen LogP contribution in [-0.4, -0.2) is 78.1 Å². The van der Waals surface area contributed by atoms with E-state index < -0.39 is 6.23 Å². The lowest BCUT2D eigenvalue weighted by molar-refractivity contribution is -1.09. The zero-order valence-corrected chi connectivity index (χ0v) is 14.6. The molecule has 2 aliphatic rings. The summed E-state index contributed by atoms with van der Waals surface area (Å²) in [6, 6.07) is 8.00. The van der Waals surface area contributed by atoms with Gasteiger partial charge in [0.2, 0.25) is 0 Å². The highest BCUT2D eigenvalue weighted by molar-refractivity contribution is 5.67. The third-order valence-corrected chi connectivity index (χ3v) is 4.90. The molecule has 2 aliphatic heterocycles. The summed E-state index contributed by atoms with van der Waals surface area (Å²) in [5.74, 6) is 0. The number of fused-ring (bicyclic) bond motifs is 1. The quantitative estimate of drug-likeness (QED) is 0.621. The van der Waals surface area contributed by atoms with Crippen molar-refractivity contribution in [1.82, 2.24) is 9.80 Å². The number of aliphatic hydroxyl groups excluding tert-OH is 2. The van der Waals surface area contributed by atoms with E-state index in [0.29, 0.717) is 13.0 Å². The number of aliphatic hydroxyl groups is 2. The van der Waals surface area contributed by atoms with E-state index in [1.165, 1.54) is 0 Å². The molecule has 1 aromatic carbocycles. The monoisotopic (exact) mass is 334 g/mol. The Kier molecular flexibility index (Phi) is 5.22. The average Bonchev–Trinajstić information content (AvgIpc) is 2.60. The molecule has 0 bridgehead atoms. The highest BCUT2D eigenvalue weighted by Gasteiger charge is 2.41. The van der Waals surface area contributed by atoms with Gasteiger partial charge in [-0.05, 0) is 19.5 Å². The van der Waals surface area contributed by atoms with Gasteiger partial charge >= 0.3 is 0 Å². The van der Waals surface area contributed by atoms with Crippen LogP contribution in [0.5, 0.6) is 0 Å². The fourth-order valence-corrected chi connectivity index (χ4v) is 3.35. The van der Waals surface area contributed by atoms with Gasteiger partial charge in [0.25, 0.3) is 6.23 Å². The first-order valence-corrected chi connectivity index (χ1v) is 8.60. The lowest BCUT2D eigenvalue weighted by Crippen LogP contribution is -2.49. The van der Waals surface area contributed by atoms with Crippen LogP contribution in [0.1, 0.15) is 23.8 Å². The molecule has 0 aliphatic carbocycles. The Morgan fingerprint density at radius 2 is 1.92 bits per heavy atom. The Bertz CT molecular complexity index is 599. The third-order valence-electron chi connectivity index (χ3n) is 4.90. The second kappa shape index (κ2) is 7.21. The van der Waals surface area contributed by atoms with Gasteiger partial charge in [0.1, 0.15) is 19.4 Å². The molecule has 0 spiro atoms. The molecular weight excluding hydrogens is 306 g/mol. The number of quaternary nitrogens is 1. The molecule has 0 radical (unpaired) electrons. The van der Waals surface area contributed by atoms with E-state index in [1.807, 2.05) is 31.4 Å². The summed E-state index contributed by atoms with van der Waals surface area (Å²) in [7, 11) is 4.01. The van der Waals surface area contributed by atoms with Gasteiger partial charge in [0, 0.05) is 38.3 Å². The van der Waals surface area contributed by atoms with Crippen LogP contribution in [-0.2, 0) is 4.84 Å². The van der Waals surface area contributed by atoms with Crippen LogP contribution in [0.3, 0.4) is 0 Å². The predicted molar refractivity (Wildman–Crippen MR) is 92.3 cm³/mol. The van der Waals surface area contributed by atoms with Crippen molar-refractivity contribution in [3.63, 3.8) is 0 Å². The van der Waals surface area contributed by atoms with Crippen LogP contribution in [0, 0.1) is 0 Å². The van der Waals surface area contributed by atoms with Gasteiger partial charge in [0.05, 0.1) is 5.56 Å². The number of benzene rings is 1. The number of nitrogens with zero attached hydrogens (tertiary/aromatic N) is 3. The summed E-state index contributed by atoms with van der Waals surface area (Å²) in [6.07, 6.45) is 1.80. The van der Waals surface area contributed by atoms with Crippen LogP contribution in [0.25, 0.3) is 5.70 Å². The minimum Gasteiger partial charge on any atom is -0.396 e. The van der Waals surface area contributed by atoms with Crippen molar-refractivity contribution < 1.29 is 19.7 Å². The number of likely N-dealkylation sites (N-methyl/N-ethyl adjacent to an activating group) is 1. The van der Waals surface area contributed by atoms with Crippen molar-refractivity contribution in [3.05, 3.63) is 41.6 Å². The number of hydrogen-bond acceptors (Lipinski definition) is 5. The Morgan fingerprint density at radius 3 is 2.62 bits per heavy atom. The summed E-state index contributed by atoms with van der Waals surface area (Å²) in [6.45, 7) is 4.46. The largest absolute Gasteiger partial charge is 0.396 e. The highest BCUT2D eigenvalue weighted by Crippen LogP contribution is 2.39. The molecule has 0 amide bonds. The Morgan fingerprint density at radius 1 is 1.21 bits per heavy atom. The van der Waals surface area contributed by atoms with Crippen LogP contribution in [0.4, 0.5) is 0 Å². The standard InChI is InChI=1S/C18H28N3O3/c1-19-8-10-20(11-9-19)17-14-21(2,24-13-5-12-22)18(23)16-7-4-3-6-15(16)17/h3-4,6-7,14,18,22-23H,5,8-13H2,1-2H3/q+1. The van der Waals surface area contributed by atoms with E-state index in [0.717, 1.165) is 43.0 Å². The van der Waals surface area contributed by atoms with Crippen LogP contribution in [0.2, 0.25) is 0 Å². The van der Waals surface area contributed by atoms with Crippen molar-refractivity contribution in [2.24, 2.45) is 0 Å². The minimum atomic E-state index is -0.767. The molecule has 2 N–H and O–H groups in total. The first-order chi connectivity index (χ1) is 11.5. The fourth-order valence-electron chi connectivity index (χ4n) is 3.35. The van der Waals surface area contributed by atoms with E-state index in [4.69, 9.17) is 9.94 Å². The van der Waals surface area contributed by atoms with E-state index in [-0.39, 0.29) is 11.3 Å². The van der Waals surface area contributed by atoms with Gasteiger partial charge in [-0.25, -0.2) is 0 Å². The van der Waals surface area contributed by atoms with Gasteiger partial charge in [-0.3, -0.25) is 0 Å². The molecule has 6 heteroatoms. The first-order valence-electron chi connectivity index (χ1n) is 8.60. The number of hydrogen-bond donors (Lipinski definition) is 2. The average molecular weight is 334 g/mol. The number of hydroxylamine groups is 3. The van der Waals surface area contributed by atoms with E-state index in [2.05, 4.69) is 22.9 Å². The number of rotatable bonds is 5. The van der Waals surface area contributed by atoms with Crippen molar-refractivity contribution in [2.75, 3.05) is 53.5 Å². The molecule has 0 aromatic heterocycles. The molecule has 132 valence electrons. The smallest absolute Gasteiger partial charge is 0.252 e. The Balaban J connectivity index is 1.93. The molecule has 3 rings (SSSR count). The van der Waals surface area contributed by atoms with Crippen LogP contribution >= 0.6 is 0 Å². The van der Waals surface area contributed by atoms with Crippen molar-refractivity contribution >= 4 is 5.70 Å². The normalized spacial score (nSPS) is 27.8. The summed E-state index contributed by atoms with van der Waals surface area (Å²) < 4.78 is -0.0152. The van der Waals surface area contributed by atoms with Crippen LogP contribution in [0.15, 0.2) is 30.5 Å². The minimum absolute atomic E-state index is 0.0152. The second-order valence-corrected chi connectivity index (χ2v) is 6.73. The molecule has 1 aromatic rings.